The number of H-pyrrole nitrogens is 1. The third kappa shape index (κ3) is 2.13. The van der Waals surface area contributed by atoms with E-state index in [1.165, 1.54) is 25.9 Å². The molecule has 0 unspecified atom stereocenters. The molecular weight excluding hydrogens is 276 g/mol. The second kappa shape index (κ2) is 5.25. The highest BCUT2D eigenvalue weighted by molar-refractivity contribution is 6.05. The van der Waals surface area contributed by atoms with E-state index in [1.807, 2.05) is 31.3 Å². The Bertz CT molecular complexity index is 887. The zero-order chi connectivity index (χ0) is 15.1. The van der Waals surface area contributed by atoms with Crippen LogP contribution in [0, 0.1) is 0 Å². The molecule has 1 aromatic carbocycles. The van der Waals surface area contributed by atoms with Gasteiger partial charge in [-0.05, 0) is 32.0 Å². The molecule has 0 saturated carbocycles. The molecule has 2 aromatic heterocycles. The van der Waals surface area contributed by atoms with Crippen molar-refractivity contribution in [2.45, 2.75) is 19.3 Å². The molecule has 1 aliphatic rings. The number of hydrogen-bond acceptors (Lipinski definition) is 3. The van der Waals surface area contributed by atoms with Gasteiger partial charge in [0.05, 0.1) is 5.69 Å². The molecule has 1 fully saturated rings. The van der Waals surface area contributed by atoms with Crippen molar-refractivity contribution in [2.24, 2.45) is 7.05 Å². The molecule has 1 aliphatic heterocycles. The topological polar surface area (TPSA) is 53.9 Å². The summed E-state index contributed by atoms with van der Waals surface area (Å²) < 4.78 is 1.79. The number of nitrogens with zero attached hydrogens (tertiary/aromatic N) is 3. The number of rotatable bonds is 3. The van der Waals surface area contributed by atoms with Crippen molar-refractivity contribution < 1.29 is 0 Å². The molecule has 0 bridgehead atoms. The Hall–Kier alpha value is -2.14. The summed E-state index contributed by atoms with van der Waals surface area (Å²) in [6.45, 7) is 3.43. The van der Waals surface area contributed by atoms with Gasteiger partial charge < -0.3 is 9.88 Å². The van der Waals surface area contributed by atoms with Gasteiger partial charge >= 0.3 is 0 Å². The maximum atomic E-state index is 12.2. The van der Waals surface area contributed by atoms with E-state index in [1.54, 1.807) is 4.68 Å². The molecule has 114 valence electrons. The highest BCUT2D eigenvalue weighted by Crippen LogP contribution is 2.24. The second-order valence-electron chi connectivity index (χ2n) is 6.09. The fourth-order valence-corrected chi connectivity index (χ4v) is 3.53. The van der Waals surface area contributed by atoms with Crippen LogP contribution in [0.3, 0.4) is 0 Å². The zero-order valence-electron chi connectivity index (χ0n) is 12.8. The second-order valence-corrected chi connectivity index (χ2v) is 6.09. The number of benzene rings is 1. The number of hydrogen-bond donors (Lipinski definition) is 1. The molecular formula is C17H20N4O. The van der Waals surface area contributed by atoms with Crippen LogP contribution >= 0.6 is 0 Å². The molecule has 3 heterocycles. The Balaban J connectivity index is 1.84. The van der Waals surface area contributed by atoms with E-state index in [2.05, 4.69) is 15.0 Å². The highest BCUT2D eigenvalue weighted by Gasteiger charge is 2.17. The van der Waals surface area contributed by atoms with Crippen molar-refractivity contribution >= 4 is 21.8 Å². The average molecular weight is 296 g/mol. The normalized spacial score (nSPS) is 16.0. The van der Waals surface area contributed by atoms with E-state index < -0.39 is 0 Å². The first-order valence-corrected chi connectivity index (χ1v) is 7.93. The summed E-state index contributed by atoms with van der Waals surface area (Å²) in [5.41, 5.74) is 1.86. The first-order valence-electron chi connectivity index (χ1n) is 7.93. The van der Waals surface area contributed by atoms with Gasteiger partial charge in [-0.2, -0.15) is 5.10 Å². The van der Waals surface area contributed by atoms with E-state index >= 15 is 0 Å². The fourth-order valence-electron chi connectivity index (χ4n) is 3.53. The van der Waals surface area contributed by atoms with Crippen LogP contribution < -0.4 is 5.56 Å². The maximum absolute atomic E-state index is 12.2. The van der Waals surface area contributed by atoms with Crippen molar-refractivity contribution in [3.63, 3.8) is 0 Å². The van der Waals surface area contributed by atoms with Crippen molar-refractivity contribution in [2.75, 3.05) is 19.6 Å². The summed E-state index contributed by atoms with van der Waals surface area (Å²) in [7, 11) is 1.90. The summed E-state index contributed by atoms with van der Waals surface area (Å²) >= 11 is 0. The molecule has 1 N–H and O–H groups in total. The number of aromatic amines is 1. The van der Waals surface area contributed by atoms with Crippen LogP contribution in [0.25, 0.3) is 21.8 Å². The minimum absolute atomic E-state index is 0.0443. The lowest BCUT2D eigenvalue weighted by molar-refractivity contribution is 0.342. The van der Waals surface area contributed by atoms with Crippen molar-refractivity contribution in [3.05, 3.63) is 40.3 Å². The van der Waals surface area contributed by atoms with Gasteiger partial charge in [-0.25, -0.2) is 0 Å². The number of aromatic nitrogens is 3. The van der Waals surface area contributed by atoms with Gasteiger partial charge in [0.25, 0.3) is 5.56 Å². The summed E-state index contributed by atoms with van der Waals surface area (Å²) in [4.78, 5) is 17.7. The summed E-state index contributed by atoms with van der Waals surface area (Å²) in [5, 5.41) is 7.50. The smallest absolute Gasteiger partial charge is 0.257 e. The number of fused-ring (bicyclic) bond motifs is 3. The molecule has 0 spiro atoms. The van der Waals surface area contributed by atoms with Crippen LogP contribution in [0.2, 0.25) is 0 Å². The van der Waals surface area contributed by atoms with Gasteiger partial charge in [0.2, 0.25) is 0 Å². The first-order chi connectivity index (χ1) is 10.7. The number of likely N-dealkylation sites (tertiary alicyclic amines) is 1. The Morgan fingerprint density at radius 3 is 2.68 bits per heavy atom. The summed E-state index contributed by atoms with van der Waals surface area (Å²) in [5.74, 6) is 0. The SMILES string of the molecule is Cn1nc(CCN2CCCC2)c2c3ccccc3c(=O)[nH]c21. The van der Waals surface area contributed by atoms with E-state index in [4.69, 9.17) is 0 Å². The minimum atomic E-state index is -0.0443. The number of aryl methyl sites for hydroxylation is 1. The van der Waals surface area contributed by atoms with E-state index in [-0.39, 0.29) is 5.56 Å². The lowest BCUT2D eigenvalue weighted by atomic mass is 10.1. The third-order valence-corrected chi connectivity index (χ3v) is 4.66. The highest BCUT2D eigenvalue weighted by atomic mass is 16.1. The summed E-state index contributed by atoms with van der Waals surface area (Å²) in [6, 6.07) is 7.79. The van der Waals surface area contributed by atoms with Gasteiger partial charge in [0.1, 0.15) is 5.65 Å². The Morgan fingerprint density at radius 1 is 1.18 bits per heavy atom. The molecule has 1 saturated heterocycles. The molecule has 3 aromatic rings. The van der Waals surface area contributed by atoms with Crippen molar-refractivity contribution in [1.82, 2.24) is 19.7 Å². The van der Waals surface area contributed by atoms with Crippen LogP contribution in [-0.2, 0) is 13.5 Å². The van der Waals surface area contributed by atoms with Crippen LogP contribution in [0.15, 0.2) is 29.1 Å². The van der Waals surface area contributed by atoms with Crippen LogP contribution in [0.4, 0.5) is 0 Å². The van der Waals surface area contributed by atoms with Crippen LogP contribution in [0.1, 0.15) is 18.5 Å². The predicted octanol–water partition coefficient (Wildman–Crippen LogP) is 2.05. The van der Waals surface area contributed by atoms with E-state index in [9.17, 15) is 4.79 Å². The lowest BCUT2D eigenvalue weighted by Gasteiger charge is -2.13. The molecule has 4 rings (SSSR count). The van der Waals surface area contributed by atoms with E-state index in [0.29, 0.717) is 0 Å². The molecule has 5 nitrogen and oxygen atoms in total. The first kappa shape index (κ1) is 13.5. The molecule has 5 heteroatoms. The van der Waals surface area contributed by atoms with Gasteiger partial charge in [-0.3, -0.25) is 9.48 Å². The van der Waals surface area contributed by atoms with Gasteiger partial charge in [-0.1, -0.05) is 18.2 Å². The minimum Gasteiger partial charge on any atom is -0.306 e. The van der Waals surface area contributed by atoms with Gasteiger partial charge in [0.15, 0.2) is 0 Å². The maximum Gasteiger partial charge on any atom is 0.257 e. The van der Waals surface area contributed by atoms with Gasteiger partial charge in [-0.15, -0.1) is 0 Å². The summed E-state index contributed by atoms with van der Waals surface area (Å²) in [6.07, 6.45) is 3.53. The Kier molecular flexibility index (Phi) is 3.22. The Morgan fingerprint density at radius 2 is 1.91 bits per heavy atom. The standard InChI is InChI=1S/C17H20N4O/c1-20-16-15(12-6-2-3-7-13(12)17(22)18-16)14(19-20)8-11-21-9-4-5-10-21/h2-3,6-7H,4-5,8-11H2,1H3,(H,18,22). The monoisotopic (exact) mass is 296 g/mol. The molecule has 0 aliphatic carbocycles. The molecule has 0 amide bonds. The lowest BCUT2D eigenvalue weighted by Crippen LogP contribution is -2.22. The third-order valence-electron chi connectivity index (χ3n) is 4.66. The average Bonchev–Trinajstić information content (AvgIpc) is 3.14. The van der Waals surface area contributed by atoms with Crippen LogP contribution in [-0.4, -0.2) is 39.3 Å². The van der Waals surface area contributed by atoms with Crippen molar-refractivity contribution in [1.29, 1.82) is 0 Å². The van der Waals surface area contributed by atoms with Gasteiger partial charge in [0, 0.05) is 36.2 Å². The Labute approximate surface area is 128 Å². The number of pyridine rings is 1. The van der Waals surface area contributed by atoms with E-state index in [0.717, 1.165) is 40.5 Å². The molecule has 22 heavy (non-hydrogen) atoms. The largest absolute Gasteiger partial charge is 0.306 e. The quantitative estimate of drug-likeness (QED) is 0.805. The predicted molar refractivity (Wildman–Crippen MR) is 88.2 cm³/mol. The molecule has 0 atom stereocenters. The van der Waals surface area contributed by atoms with Crippen molar-refractivity contribution in [3.8, 4) is 0 Å². The van der Waals surface area contributed by atoms with Crippen LogP contribution in [0.5, 0.6) is 0 Å². The molecule has 0 radical (unpaired) electrons. The fraction of sp³-hybridized carbons (Fsp3) is 0.412. The zero-order valence-corrected chi connectivity index (χ0v) is 12.8. The number of nitrogens with one attached hydrogen (secondary N) is 1.